The quantitative estimate of drug-likeness (QED) is 0.345. The van der Waals surface area contributed by atoms with Gasteiger partial charge in [-0.15, -0.1) is 0 Å². The number of carbonyl (C=O) groups is 1. The van der Waals surface area contributed by atoms with Crippen LogP contribution in [0.3, 0.4) is 0 Å². The number of esters is 1. The van der Waals surface area contributed by atoms with Crippen molar-refractivity contribution in [2.45, 2.75) is 27.1 Å². The molecular formula is C25H22N2O5. The lowest BCUT2D eigenvalue weighted by atomic mass is 10.2. The number of nitrogens with zero attached hydrogens (tertiary/aromatic N) is 2. The average Bonchev–Trinajstić information content (AvgIpc) is 3.15. The molecule has 0 aliphatic heterocycles. The largest absolute Gasteiger partial charge is 0.489 e. The predicted molar refractivity (Wildman–Crippen MR) is 117 cm³/mol. The number of benzene rings is 2. The van der Waals surface area contributed by atoms with Gasteiger partial charge in [0.1, 0.15) is 36.2 Å². The molecule has 0 radical (unpaired) electrons. The van der Waals surface area contributed by atoms with Crippen LogP contribution in [0.5, 0.6) is 17.2 Å². The van der Waals surface area contributed by atoms with Gasteiger partial charge in [0.05, 0.1) is 23.0 Å². The first-order chi connectivity index (χ1) is 15.6. The molecule has 0 N–H and O–H groups in total. The van der Waals surface area contributed by atoms with Crippen molar-refractivity contribution >= 4 is 5.97 Å². The Bertz CT molecular complexity index is 1180. The molecule has 0 bridgehead atoms. The van der Waals surface area contributed by atoms with Crippen LogP contribution in [-0.2, 0) is 18.0 Å². The zero-order chi connectivity index (χ0) is 22.3. The molecule has 4 rings (SSSR count). The van der Waals surface area contributed by atoms with E-state index in [-0.39, 0.29) is 6.61 Å². The van der Waals surface area contributed by atoms with Gasteiger partial charge in [-0.3, -0.25) is 4.98 Å². The predicted octanol–water partition coefficient (Wildman–Crippen LogP) is 5.41. The van der Waals surface area contributed by atoms with E-state index < -0.39 is 5.97 Å². The molecule has 0 aliphatic rings. The van der Waals surface area contributed by atoms with E-state index in [1.54, 1.807) is 42.7 Å². The molecule has 4 aromatic rings. The second-order valence-corrected chi connectivity index (χ2v) is 7.09. The molecule has 0 spiro atoms. The lowest BCUT2D eigenvalue weighted by molar-refractivity contribution is 0.0470. The number of pyridine rings is 1. The summed E-state index contributed by atoms with van der Waals surface area (Å²) in [4.78, 5) is 16.7. The third-order valence-corrected chi connectivity index (χ3v) is 4.83. The summed E-state index contributed by atoms with van der Waals surface area (Å²) in [6.07, 6.45) is 3.30. The van der Waals surface area contributed by atoms with Gasteiger partial charge in [0.25, 0.3) is 0 Å². The van der Waals surface area contributed by atoms with Gasteiger partial charge in [0, 0.05) is 11.8 Å². The fourth-order valence-electron chi connectivity index (χ4n) is 3.06. The SMILES string of the molecule is Cc1noc(C)c1COc1cccc(C(=O)OCc2ccccc2Oc2cccnc2)c1. The van der Waals surface area contributed by atoms with Crippen molar-refractivity contribution in [3.63, 3.8) is 0 Å². The summed E-state index contributed by atoms with van der Waals surface area (Å²) in [5, 5.41) is 3.92. The highest BCUT2D eigenvalue weighted by atomic mass is 16.5. The monoisotopic (exact) mass is 430 g/mol. The standard InChI is InChI=1S/C25H22N2O5/c1-17-23(18(2)32-27-17)16-29-21-9-5-8-19(13-21)25(28)30-15-20-7-3-4-11-24(20)31-22-10-6-12-26-14-22/h3-14H,15-16H2,1-2H3. The molecule has 0 amide bonds. The molecule has 0 saturated carbocycles. The van der Waals surface area contributed by atoms with E-state index in [1.807, 2.05) is 44.2 Å². The van der Waals surface area contributed by atoms with E-state index in [0.29, 0.717) is 35.2 Å². The van der Waals surface area contributed by atoms with Crippen LogP contribution in [0, 0.1) is 13.8 Å². The maximum atomic E-state index is 12.6. The van der Waals surface area contributed by atoms with Crippen LogP contribution in [0.4, 0.5) is 0 Å². The van der Waals surface area contributed by atoms with Gasteiger partial charge in [0.15, 0.2) is 0 Å². The van der Waals surface area contributed by atoms with Gasteiger partial charge < -0.3 is 18.7 Å². The molecule has 0 fully saturated rings. The van der Waals surface area contributed by atoms with Crippen molar-refractivity contribution in [1.82, 2.24) is 10.1 Å². The fourth-order valence-corrected chi connectivity index (χ4v) is 3.06. The van der Waals surface area contributed by atoms with Crippen LogP contribution in [0.25, 0.3) is 0 Å². The number of carbonyl (C=O) groups excluding carboxylic acids is 1. The van der Waals surface area contributed by atoms with Gasteiger partial charge in [-0.2, -0.15) is 0 Å². The third kappa shape index (κ3) is 5.13. The first-order valence-corrected chi connectivity index (χ1v) is 10.1. The van der Waals surface area contributed by atoms with Crippen molar-refractivity contribution < 1.29 is 23.5 Å². The number of para-hydroxylation sites is 1. The van der Waals surface area contributed by atoms with Crippen molar-refractivity contribution in [3.05, 3.63) is 101 Å². The van der Waals surface area contributed by atoms with Gasteiger partial charge in [-0.05, 0) is 50.2 Å². The lowest BCUT2D eigenvalue weighted by Gasteiger charge is -2.12. The molecule has 2 aromatic carbocycles. The van der Waals surface area contributed by atoms with Crippen molar-refractivity contribution in [1.29, 1.82) is 0 Å². The summed E-state index contributed by atoms with van der Waals surface area (Å²) in [7, 11) is 0. The highest BCUT2D eigenvalue weighted by molar-refractivity contribution is 5.89. The molecular weight excluding hydrogens is 408 g/mol. The average molecular weight is 430 g/mol. The maximum Gasteiger partial charge on any atom is 0.338 e. The highest BCUT2D eigenvalue weighted by Gasteiger charge is 2.13. The molecule has 0 saturated heterocycles. The van der Waals surface area contributed by atoms with E-state index in [0.717, 1.165) is 16.8 Å². The topological polar surface area (TPSA) is 83.7 Å². The molecule has 7 heteroatoms. The molecule has 0 atom stereocenters. The van der Waals surface area contributed by atoms with E-state index in [9.17, 15) is 4.79 Å². The first kappa shape index (κ1) is 21.1. The lowest BCUT2D eigenvalue weighted by Crippen LogP contribution is -2.06. The minimum atomic E-state index is -0.455. The number of aryl methyl sites for hydroxylation is 2. The van der Waals surface area contributed by atoms with E-state index in [4.69, 9.17) is 18.7 Å². The Kier molecular flexibility index (Phi) is 6.46. The Labute approximate surface area is 185 Å². The molecule has 0 unspecified atom stereocenters. The summed E-state index contributed by atoms with van der Waals surface area (Å²) in [5.41, 5.74) is 2.82. The first-order valence-electron chi connectivity index (χ1n) is 10.1. The smallest absolute Gasteiger partial charge is 0.338 e. The normalized spacial score (nSPS) is 10.6. The van der Waals surface area contributed by atoms with Gasteiger partial charge in [0.2, 0.25) is 0 Å². The second kappa shape index (κ2) is 9.78. The summed E-state index contributed by atoms with van der Waals surface area (Å²) >= 11 is 0. The Morgan fingerprint density at radius 2 is 1.81 bits per heavy atom. The fraction of sp³-hybridized carbons (Fsp3) is 0.160. The van der Waals surface area contributed by atoms with Crippen molar-refractivity contribution in [2.24, 2.45) is 0 Å². The van der Waals surface area contributed by atoms with Crippen LogP contribution in [0.2, 0.25) is 0 Å². The van der Waals surface area contributed by atoms with Gasteiger partial charge >= 0.3 is 5.97 Å². The molecule has 32 heavy (non-hydrogen) atoms. The molecule has 2 heterocycles. The van der Waals surface area contributed by atoms with Crippen LogP contribution in [0.15, 0.2) is 77.6 Å². The number of rotatable bonds is 8. The van der Waals surface area contributed by atoms with Gasteiger partial charge in [-0.25, -0.2) is 4.79 Å². The van der Waals surface area contributed by atoms with E-state index >= 15 is 0 Å². The Morgan fingerprint density at radius 3 is 2.59 bits per heavy atom. The number of hydrogen-bond donors (Lipinski definition) is 0. The van der Waals surface area contributed by atoms with Crippen LogP contribution in [0.1, 0.15) is 32.9 Å². The second-order valence-electron chi connectivity index (χ2n) is 7.09. The molecule has 0 aliphatic carbocycles. The summed E-state index contributed by atoms with van der Waals surface area (Å²) in [6.45, 7) is 4.07. The Morgan fingerprint density at radius 1 is 0.969 bits per heavy atom. The zero-order valence-corrected chi connectivity index (χ0v) is 17.8. The summed E-state index contributed by atoms with van der Waals surface area (Å²) in [5.74, 6) is 2.02. The zero-order valence-electron chi connectivity index (χ0n) is 17.8. The van der Waals surface area contributed by atoms with Gasteiger partial charge in [-0.1, -0.05) is 29.4 Å². The number of aromatic nitrogens is 2. The third-order valence-electron chi connectivity index (χ3n) is 4.83. The van der Waals surface area contributed by atoms with E-state index in [2.05, 4.69) is 10.1 Å². The number of ether oxygens (including phenoxy) is 3. The molecule has 2 aromatic heterocycles. The molecule has 7 nitrogen and oxygen atoms in total. The summed E-state index contributed by atoms with van der Waals surface area (Å²) in [6, 6.07) is 17.9. The highest BCUT2D eigenvalue weighted by Crippen LogP contribution is 2.26. The number of hydrogen-bond acceptors (Lipinski definition) is 7. The minimum Gasteiger partial charge on any atom is -0.489 e. The van der Waals surface area contributed by atoms with Crippen molar-refractivity contribution in [3.8, 4) is 17.2 Å². The van der Waals surface area contributed by atoms with Crippen LogP contribution < -0.4 is 9.47 Å². The summed E-state index contributed by atoms with van der Waals surface area (Å²) < 4.78 is 22.4. The van der Waals surface area contributed by atoms with Crippen LogP contribution in [-0.4, -0.2) is 16.1 Å². The Hall–Kier alpha value is -4.13. The Balaban J connectivity index is 1.39. The molecule has 162 valence electrons. The minimum absolute atomic E-state index is 0.0689. The van der Waals surface area contributed by atoms with Crippen LogP contribution >= 0.6 is 0 Å². The maximum absolute atomic E-state index is 12.6. The van der Waals surface area contributed by atoms with E-state index in [1.165, 1.54) is 0 Å². The van der Waals surface area contributed by atoms with Crippen molar-refractivity contribution in [2.75, 3.05) is 0 Å².